The maximum absolute atomic E-state index is 5.90. The van der Waals surface area contributed by atoms with Crippen LogP contribution < -0.4 is 16.4 Å². The Hall–Kier alpha value is -1.78. The van der Waals surface area contributed by atoms with Crippen LogP contribution in [0.5, 0.6) is 0 Å². The van der Waals surface area contributed by atoms with Crippen LogP contribution in [0.15, 0.2) is 48.5 Å². The quantitative estimate of drug-likeness (QED) is 0.599. The van der Waals surface area contributed by atoms with Crippen molar-refractivity contribution in [2.24, 2.45) is 0 Å². The van der Waals surface area contributed by atoms with Crippen LogP contribution in [0, 0.1) is 0 Å². The zero-order valence-electron chi connectivity index (χ0n) is 10.2. The lowest BCUT2D eigenvalue weighted by molar-refractivity contribution is 0.929. The first kappa shape index (κ1) is 13.6. The third-order valence-electron chi connectivity index (χ3n) is 2.58. The fraction of sp³-hybridized carbons (Fsp3) is 0.0714. The summed E-state index contributed by atoms with van der Waals surface area (Å²) in [7, 11) is 0. The Labute approximate surface area is 122 Å². The maximum Gasteiger partial charge on any atom is 0.171 e. The summed E-state index contributed by atoms with van der Waals surface area (Å²) in [5.74, 6) is 0. The third-order valence-corrected chi connectivity index (χ3v) is 3.06. The second kappa shape index (κ2) is 6.41. The van der Waals surface area contributed by atoms with E-state index >= 15 is 0 Å². The second-order valence-electron chi connectivity index (χ2n) is 4.02. The Morgan fingerprint density at radius 2 is 1.95 bits per heavy atom. The molecule has 2 aromatic rings. The predicted octanol–water partition coefficient (Wildman–Crippen LogP) is 3.41. The molecule has 0 aliphatic heterocycles. The molecule has 2 rings (SSSR count). The molecule has 2 aromatic carbocycles. The second-order valence-corrected chi connectivity index (χ2v) is 4.86. The van der Waals surface area contributed by atoms with Crippen LogP contribution in [0.3, 0.4) is 0 Å². The molecule has 98 valence electrons. The van der Waals surface area contributed by atoms with Gasteiger partial charge in [-0.15, -0.1) is 0 Å². The molecular formula is C14H14ClN3S. The molecule has 0 heterocycles. The van der Waals surface area contributed by atoms with E-state index in [0.29, 0.717) is 16.7 Å². The number of halogens is 1. The summed E-state index contributed by atoms with van der Waals surface area (Å²) < 4.78 is 0. The Morgan fingerprint density at radius 3 is 2.68 bits per heavy atom. The average molecular weight is 292 g/mol. The van der Waals surface area contributed by atoms with Gasteiger partial charge in [0.1, 0.15) is 0 Å². The molecule has 0 aliphatic rings. The number of nitrogens with two attached hydrogens (primary N) is 1. The van der Waals surface area contributed by atoms with Gasteiger partial charge in [-0.25, -0.2) is 0 Å². The highest BCUT2D eigenvalue weighted by atomic mass is 35.5. The van der Waals surface area contributed by atoms with Gasteiger partial charge in [0.2, 0.25) is 0 Å². The van der Waals surface area contributed by atoms with Crippen molar-refractivity contribution in [2.45, 2.75) is 6.54 Å². The molecule has 0 saturated heterocycles. The first-order valence-electron chi connectivity index (χ1n) is 5.79. The lowest BCUT2D eigenvalue weighted by Crippen LogP contribution is -2.28. The van der Waals surface area contributed by atoms with Gasteiger partial charge in [-0.3, -0.25) is 0 Å². The van der Waals surface area contributed by atoms with Crippen molar-refractivity contribution in [3.05, 3.63) is 59.1 Å². The van der Waals surface area contributed by atoms with Crippen LogP contribution >= 0.6 is 23.8 Å². The van der Waals surface area contributed by atoms with Crippen molar-refractivity contribution in [3.8, 4) is 0 Å². The monoisotopic (exact) mass is 291 g/mol. The minimum atomic E-state index is 0.533. The molecule has 3 nitrogen and oxygen atoms in total. The molecule has 4 N–H and O–H groups in total. The number of anilines is 2. The lowest BCUT2D eigenvalue weighted by atomic mass is 10.2. The number of nitrogens with one attached hydrogen (secondary N) is 2. The SMILES string of the molecule is Nc1ccccc1CNC(=S)Nc1cccc(Cl)c1. The highest BCUT2D eigenvalue weighted by molar-refractivity contribution is 7.80. The van der Waals surface area contributed by atoms with E-state index in [-0.39, 0.29) is 0 Å². The van der Waals surface area contributed by atoms with E-state index in [4.69, 9.17) is 29.6 Å². The number of rotatable bonds is 3. The topological polar surface area (TPSA) is 50.1 Å². The molecule has 0 amide bonds. The average Bonchev–Trinajstić information content (AvgIpc) is 2.38. The molecule has 0 bridgehead atoms. The molecule has 0 fully saturated rings. The predicted molar refractivity (Wildman–Crippen MR) is 85.4 cm³/mol. The van der Waals surface area contributed by atoms with Crippen molar-refractivity contribution in [2.75, 3.05) is 11.1 Å². The molecule has 0 aliphatic carbocycles. The summed E-state index contributed by atoms with van der Waals surface area (Å²) in [6.45, 7) is 0.582. The van der Waals surface area contributed by atoms with Gasteiger partial charge in [0.05, 0.1) is 0 Å². The van der Waals surface area contributed by atoms with E-state index in [0.717, 1.165) is 16.9 Å². The smallest absolute Gasteiger partial charge is 0.171 e. The Kier molecular flexibility index (Phi) is 4.60. The summed E-state index contributed by atoms with van der Waals surface area (Å²) in [5.41, 5.74) is 8.47. The summed E-state index contributed by atoms with van der Waals surface area (Å²) >= 11 is 11.1. The number of hydrogen-bond donors (Lipinski definition) is 3. The Morgan fingerprint density at radius 1 is 1.16 bits per heavy atom. The first-order valence-corrected chi connectivity index (χ1v) is 6.57. The highest BCUT2D eigenvalue weighted by Gasteiger charge is 2.00. The van der Waals surface area contributed by atoms with E-state index in [1.54, 1.807) is 0 Å². The van der Waals surface area contributed by atoms with Crippen LogP contribution in [0.4, 0.5) is 11.4 Å². The van der Waals surface area contributed by atoms with Gasteiger partial charge in [-0.05, 0) is 42.0 Å². The molecule has 5 heteroatoms. The van der Waals surface area contributed by atoms with E-state index in [2.05, 4.69) is 10.6 Å². The fourth-order valence-electron chi connectivity index (χ4n) is 1.61. The van der Waals surface area contributed by atoms with Gasteiger partial charge in [-0.1, -0.05) is 35.9 Å². The highest BCUT2D eigenvalue weighted by Crippen LogP contribution is 2.15. The standard InChI is InChI=1S/C14H14ClN3S/c15-11-5-3-6-12(8-11)18-14(19)17-9-10-4-1-2-7-13(10)16/h1-8H,9,16H2,(H2,17,18,19). The summed E-state index contributed by atoms with van der Waals surface area (Å²) in [5, 5.41) is 7.37. The van der Waals surface area contributed by atoms with E-state index < -0.39 is 0 Å². The van der Waals surface area contributed by atoms with Crippen molar-refractivity contribution >= 4 is 40.3 Å². The van der Waals surface area contributed by atoms with Crippen molar-refractivity contribution in [1.29, 1.82) is 0 Å². The summed E-state index contributed by atoms with van der Waals surface area (Å²) in [4.78, 5) is 0. The Balaban J connectivity index is 1.90. The van der Waals surface area contributed by atoms with Crippen molar-refractivity contribution in [3.63, 3.8) is 0 Å². The van der Waals surface area contributed by atoms with Crippen LogP contribution in [0.2, 0.25) is 5.02 Å². The molecule has 0 radical (unpaired) electrons. The lowest BCUT2D eigenvalue weighted by Gasteiger charge is -2.11. The van der Waals surface area contributed by atoms with E-state index in [9.17, 15) is 0 Å². The molecule has 0 atom stereocenters. The van der Waals surface area contributed by atoms with E-state index in [1.165, 1.54) is 0 Å². The largest absolute Gasteiger partial charge is 0.398 e. The first-order chi connectivity index (χ1) is 9.15. The normalized spacial score (nSPS) is 9.95. The van der Waals surface area contributed by atoms with Crippen molar-refractivity contribution in [1.82, 2.24) is 5.32 Å². The minimum Gasteiger partial charge on any atom is -0.398 e. The van der Waals surface area contributed by atoms with Gasteiger partial charge in [0.25, 0.3) is 0 Å². The zero-order chi connectivity index (χ0) is 13.7. The molecule has 0 spiro atoms. The molecular weight excluding hydrogens is 278 g/mol. The van der Waals surface area contributed by atoms with Crippen LogP contribution in [-0.4, -0.2) is 5.11 Å². The number of thiocarbonyl (C=S) groups is 1. The third kappa shape index (κ3) is 4.12. The van der Waals surface area contributed by atoms with Gasteiger partial charge >= 0.3 is 0 Å². The van der Waals surface area contributed by atoms with Gasteiger partial charge in [0.15, 0.2) is 5.11 Å². The summed E-state index contributed by atoms with van der Waals surface area (Å²) in [6.07, 6.45) is 0. The molecule has 0 saturated carbocycles. The van der Waals surface area contributed by atoms with Crippen molar-refractivity contribution < 1.29 is 0 Å². The molecule has 0 aromatic heterocycles. The molecule has 19 heavy (non-hydrogen) atoms. The Bertz CT molecular complexity index is 586. The maximum atomic E-state index is 5.90. The van der Waals surface area contributed by atoms with Gasteiger partial charge in [-0.2, -0.15) is 0 Å². The minimum absolute atomic E-state index is 0.533. The van der Waals surface area contributed by atoms with Crippen LogP contribution in [0.25, 0.3) is 0 Å². The summed E-state index contributed by atoms with van der Waals surface area (Å²) in [6, 6.07) is 15.1. The zero-order valence-corrected chi connectivity index (χ0v) is 11.8. The number of hydrogen-bond acceptors (Lipinski definition) is 2. The van der Waals surface area contributed by atoms with E-state index in [1.807, 2.05) is 48.5 Å². The number of para-hydroxylation sites is 1. The fourth-order valence-corrected chi connectivity index (χ4v) is 1.99. The van der Waals surface area contributed by atoms with Gasteiger partial charge in [0, 0.05) is 22.9 Å². The van der Waals surface area contributed by atoms with Gasteiger partial charge < -0.3 is 16.4 Å². The number of nitrogen functional groups attached to an aromatic ring is 1. The number of benzene rings is 2. The van der Waals surface area contributed by atoms with Crippen LogP contribution in [-0.2, 0) is 6.54 Å². The van der Waals surface area contributed by atoms with Crippen LogP contribution in [0.1, 0.15) is 5.56 Å². The molecule has 0 unspecified atom stereocenters.